The van der Waals surface area contributed by atoms with Crippen LogP contribution in [-0.2, 0) is 6.54 Å². The molecule has 0 amide bonds. The second-order valence-electron chi connectivity index (χ2n) is 7.94. The van der Waals surface area contributed by atoms with Crippen LogP contribution in [0.25, 0.3) is 0 Å². The van der Waals surface area contributed by atoms with Gasteiger partial charge < -0.3 is 9.64 Å². The highest BCUT2D eigenvalue weighted by Gasteiger charge is 2.30. The number of rotatable bonds is 6. The van der Waals surface area contributed by atoms with Gasteiger partial charge in [-0.05, 0) is 56.4 Å². The van der Waals surface area contributed by atoms with Crippen LogP contribution in [0.2, 0.25) is 0 Å². The maximum absolute atomic E-state index is 9.88. The van der Waals surface area contributed by atoms with Gasteiger partial charge >= 0.3 is 0 Å². The summed E-state index contributed by atoms with van der Waals surface area (Å²) < 4.78 is 6.00. The average Bonchev–Trinajstić information content (AvgIpc) is 3.53. The molecular formula is C22H27N5O. The Labute approximate surface area is 166 Å². The van der Waals surface area contributed by atoms with Crippen LogP contribution in [0.15, 0.2) is 30.5 Å². The van der Waals surface area contributed by atoms with E-state index >= 15 is 0 Å². The molecule has 0 atom stereocenters. The molecule has 6 heteroatoms. The number of ether oxygens (including phenoxy) is 1. The fourth-order valence-electron chi connectivity index (χ4n) is 3.84. The van der Waals surface area contributed by atoms with E-state index in [2.05, 4.69) is 38.2 Å². The molecule has 0 unspecified atom stereocenters. The maximum atomic E-state index is 9.88. The molecule has 0 bridgehead atoms. The number of nitriles is 1. The van der Waals surface area contributed by atoms with E-state index < -0.39 is 0 Å². The minimum absolute atomic E-state index is 0.122. The number of benzene rings is 1. The van der Waals surface area contributed by atoms with Gasteiger partial charge in [-0.25, -0.2) is 0 Å². The van der Waals surface area contributed by atoms with Crippen molar-refractivity contribution in [2.24, 2.45) is 0 Å². The van der Waals surface area contributed by atoms with Gasteiger partial charge in [0.05, 0.1) is 23.0 Å². The highest BCUT2D eigenvalue weighted by atomic mass is 16.5. The summed E-state index contributed by atoms with van der Waals surface area (Å²) in [5.41, 5.74) is 4.03. The lowest BCUT2D eigenvalue weighted by Crippen LogP contribution is -2.46. The number of hydrogen-bond acceptors (Lipinski definition) is 6. The van der Waals surface area contributed by atoms with Crippen LogP contribution in [0.3, 0.4) is 0 Å². The first kappa shape index (κ1) is 18.7. The molecule has 4 rings (SSSR count). The Balaban J connectivity index is 1.52. The molecule has 0 radical (unpaired) electrons. The topological polar surface area (TPSA) is 65.3 Å². The van der Waals surface area contributed by atoms with Crippen molar-refractivity contribution < 1.29 is 4.74 Å². The predicted molar refractivity (Wildman–Crippen MR) is 108 cm³/mol. The summed E-state index contributed by atoms with van der Waals surface area (Å²) in [6, 6.07) is 10.6. The Hall–Kier alpha value is -2.65. The van der Waals surface area contributed by atoms with Gasteiger partial charge in [-0.15, -0.1) is 0 Å². The largest absolute Gasteiger partial charge is 0.491 e. The summed E-state index contributed by atoms with van der Waals surface area (Å²) in [4.78, 5) is 4.73. The molecule has 1 saturated heterocycles. The minimum atomic E-state index is 0.122. The monoisotopic (exact) mass is 377 g/mol. The van der Waals surface area contributed by atoms with E-state index in [1.165, 1.54) is 12.8 Å². The smallest absolute Gasteiger partial charge is 0.122 e. The first-order chi connectivity index (χ1) is 13.6. The summed E-state index contributed by atoms with van der Waals surface area (Å²) in [5, 5.41) is 18.0. The molecule has 2 heterocycles. The summed E-state index contributed by atoms with van der Waals surface area (Å²) in [6.45, 7) is 8.57. The Morgan fingerprint density at radius 3 is 2.61 bits per heavy atom. The molecule has 2 aliphatic rings. The number of piperazine rings is 1. The van der Waals surface area contributed by atoms with E-state index in [1.54, 1.807) is 6.20 Å². The SMILES string of the molecule is CC(C)Oc1cc(C2CC2)c(C#N)c(N2CCN(Cc3cccnn3)CC2)c1. The lowest BCUT2D eigenvalue weighted by molar-refractivity contribution is 0.240. The molecule has 2 fully saturated rings. The zero-order valence-corrected chi connectivity index (χ0v) is 16.6. The first-order valence-electron chi connectivity index (χ1n) is 10.1. The summed E-state index contributed by atoms with van der Waals surface area (Å²) in [6.07, 6.45) is 4.17. The van der Waals surface area contributed by atoms with Crippen LogP contribution >= 0.6 is 0 Å². The summed E-state index contributed by atoms with van der Waals surface area (Å²) in [7, 11) is 0. The van der Waals surface area contributed by atoms with Crippen molar-refractivity contribution in [3.63, 3.8) is 0 Å². The van der Waals surface area contributed by atoms with Crippen molar-refractivity contribution in [1.29, 1.82) is 5.26 Å². The minimum Gasteiger partial charge on any atom is -0.491 e. The summed E-state index contributed by atoms with van der Waals surface area (Å²) in [5.74, 6) is 1.40. The van der Waals surface area contributed by atoms with E-state index in [0.717, 1.165) is 61.0 Å². The van der Waals surface area contributed by atoms with Gasteiger partial charge in [-0.2, -0.15) is 15.5 Å². The Morgan fingerprint density at radius 2 is 2.00 bits per heavy atom. The normalized spacial score (nSPS) is 17.6. The van der Waals surface area contributed by atoms with Gasteiger partial charge in [0.1, 0.15) is 11.8 Å². The van der Waals surface area contributed by atoms with Gasteiger partial charge in [-0.3, -0.25) is 4.90 Å². The van der Waals surface area contributed by atoms with Gasteiger partial charge in [-0.1, -0.05) is 0 Å². The van der Waals surface area contributed by atoms with Crippen LogP contribution in [0, 0.1) is 11.3 Å². The number of hydrogen-bond donors (Lipinski definition) is 0. The fraction of sp³-hybridized carbons (Fsp3) is 0.500. The fourth-order valence-corrected chi connectivity index (χ4v) is 3.84. The van der Waals surface area contributed by atoms with Gasteiger partial charge in [0.15, 0.2) is 0 Å². The van der Waals surface area contributed by atoms with Crippen molar-refractivity contribution in [2.75, 3.05) is 31.1 Å². The standard InChI is InChI=1S/C22H27N5O/c1-16(2)28-19-12-20(17-5-6-17)21(14-23)22(13-19)27-10-8-26(9-11-27)15-18-4-3-7-24-25-18/h3-4,7,12-13,16-17H,5-6,8-11,15H2,1-2H3. The third-order valence-electron chi connectivity index (χ3n) is 5.35. The average molecular weight is 377 g/mol. The second kappa shape index (κ2) is 8.15. The lowest BCUT2D eigenvalue weighted by Gasteiger charge is -2.36. The van der Waals surface area contributed by atoms with Crippen molar-refractivity contribution in [3.8, 4) is 11.8 Å². The van der Waals surface area contributed by atoms with E-state index in [0.29, 0.717) is 5.92 Å². The van der Waals surface area contributed by atoms with Crippen LogP contribution in [0.1, 0.15) is 49.4 Å². The maximum Gasteiger partial charge on any atom is 0.122 e. The lowest BCUT2D eigenvalue weighted by atomic mass is 10.00. The molecule has 1 saturated carbocycles. The van der Waals surface area contributed by atoms with Gasteiger partial charge in [0.2, 0.25) is 0 Å². The molecule has 28 heavy (non-hydrogen) atoms. The molecule has 1 aliphatic heterocycles. The molecule has 146 valence electrons. The number of aromatic nitrogens is 2. The molecule has 6 nitrogen and oxygen atoms in total. The van der Waals surface area contributed by atoms with Gasteiger partial charge in [0, 0.05) is 45.0 Å². The molecule has 2 aromatic rings. The third kappa shape index (κ3) is 4.26. The molecule has 0 spiro atoms. The molecule has 1 aromatic carbocycles. The van der Waals surface area contributed by atoms with Crippen LogP contribution < -0.4 is 9.64 Å². The zero-order chi connectivity index (χ0) is 19.5. The van der Waals surface area contributed by atoms with Gasteiger partial charge in [0.25, 0.3) is 0 Å². The van der Waals surface area contributed by atoms with Crippen LogP contribution in [-0.4, -0.2) is 47.4 Å². The van der Waals surface area contributed by atoms with E-state index in [1.807, 2.05) is 26.0 Å². The molecular weight excluding hydrogens is 350 g/mol. The highest BCUT2D eigenvalue weighted by Crippen LogP contribution is 2.45. The molecule has 1 aromatic heterocycles. The van der Waals surface area contributed by atoms with Crippen molar-refractivity contribution in [3.05, 3.63) is 47.3 Å². The first-order valence-corrected chi connectivity index (χ1v) is 10.1. The highest BCUT2D eigenvalue weighted by molar-refractivity contribution is 5.67. The quantitative estimate of drug-likeness (QED) is 0.769. The number of anilines is 1. The molecule has 0 N–H and O–H groups in total. The van der Waals surface area contributed by atoms with Crippen molar-refractivity contribution in [1.82, 2.24) is 15.1 Å². The van der Waals surface area contributed by atoms with E-state index in [4.69, 9.17) is 4.74 Å². The Morgan fingerprint density at radius 1 is 1.21 bits per heavy atom. The molecule has 1 aliphatic carbocycles. The Kier molecular flexibility index (Phi) is 5.45. The Bertz CT molecular complexity index is 849. The summed E-state index contributed by atoms with van der Waals surface area (Å²) >= 11 is 0. The second-order valence-corrected chi connectivity index (χ2v) is 7.94. The predicted octanol–water partition coefficient (Wildman–Crippen LogP) is 3.34. The number of nitrogens with zero attached hydrogens (tertiary/aromatic N) is 5. The zero-order valence-electron chi connectivity index (χ0n) is 16.6. The van der Waals surface area contributed by atoms with Crippen LogP contribution in [0.5, 0.6) is 5.75 Å². The van der Waals surface area contributed by atoms with Crippen LogP contribution in [0.4, 0.5) is 5.69 Å². The van der Waals surface area contributed by atoms with Crippen molar-refractivity contribution in [2.45, 2.75) is 45.3 Å². The third-order valence-corrected chi connectivity index (χ3v) is 5.35. The van der Waals surface area contributed by atoms with Crippen molar-refractivity contribution >= 4 is 5.69 Å². The van der Waals surface area contributed by atoms with E-state index in [-0.39, 0.29) is 6.10 Å². The van der Waals surface area contributed by atoms with E-state index in [9.17, 15) is 5.26 Å².